The van der Waals surface area contributed by atoms with E-state index in [0.29, 0.717) is 16.7 Å². The molecule has 0 bridgehead atoms. The van der Waals surface area contributed by atoms with Gasteiger partial charge in [-0.15, -0.1) is 0 Å². The Bertz CT molecular complexity index is 231. The lowest BCUT2D eigenvalue weighted by Crippen LogP contribution is -2.01. The summed E-state index contributed by atoms with van der Waals surface area (Å²) >= 11 is 0. The summed E-state index contributed by atoms with van der Waals surface area (Å²) in [6.45, 7) is 7.10. The highest BCUT2D eigenvalue weighted by Gasteiger charge is 2.51. The average Bonchev–Trinajstić information content (AvgIpc) is 2.87. The van der Waals surface area contributed by atoms with Gasteiger partial charge in [-0.2, -0.15) is 0 Å². The van der Waals surface area contributed by atoms with E-state index in [4.69, 9.17) is 5.41 Å². The first-order valence-corrected chi connectivity index (χ1v) is 5.48. The van der Waals surface area contributed by atoms with Gasteiger partial charge in [0.05, 0.1) is 0 Å². The Labute approximate surface area is 81.4 Å². The van der Waals surface area contributed by atoms with E-state index < -0.39 is 0 Å². The molecule has 1 nitrogen and oxygen atoms in total. The van der Waals surface area contributed by atoms with Gasteiger partial charge in [-0.1, -0.05) is 20.8 Å². The van der Waals surface area contributed by atoms with Crippen molar-refractivity contribution < 1.29 is 0 Å². The summed E-state index contributed by atoms with van der Waals surface area (Å²) in [6, 6.07) is 0. The standard InChI is InChI=1S/C12H21N/c1-11(2)6-9(11)4-5-12(3)7-10(12)8-13/h8-10,13H,4-7H2,1-3H3. The van der Waals surface area contributed by atoms with Crippen LogP contribution < -0.4 is 0 Å². The third-order valence-corrected chi connectivity index (χ3v) is 4.40. The van der Waals surface area contributed by atoms with Gasteiger partial charge in [-0.05, 0) is 54.6 Å². The number of hydrogen-bond acceptors (Lipinski definition) is 1. The molecule has 0 heterocycles. The van der Waals surface area contributed by atoms with Crippen molar-refractivity contribution in [2.45, 2.75) is 46.5 Å². The van der Waals surface area contributed by atoms with Crippen molar-refractivity contribution in [1.82, 2.24) is 0 Å². The predicted octanol–water partition coefficient (Wildman–Crippen LogP) is 3.49. The number of rotatable bonds is 4. The Kier molecular flexibility index (Phi) is 1.84. The molecular formula is C12H21N. The molecule has 0 amide bonds. The summed E-state index contributed by atoms with van der Waals surface area (Å²) in [5, 5.41) is 7.23. The molecule has 0 saturated heterocycles. The molecule has 2 aliphatic carbocycles. The Morgan fingerprint density at radius 1 is 1.31 bits per heavy atom. The number of hydrogen-bond donors (Lipinski definition) is 1. The second-order valence-electron chi connectivity index (χ2n) is 6.06. The Morgan fingerprint density at radius 2 is 1.92 bits per heavy atom. The van der Waals surface area contributed by atoms with Crippen LogP contribution in [0.3, 0.4) is 0 Å². The van der Waals surface area contributed by atoms with Gasteiger partial charge in [-0.3, -0.25) is 0 Å². The lowest BCUT2D eigenvalue weighted by molar-refractivity contribution is 0.425. The van der Waals surface area contributed by atoms with Crippen molar-refractivity contribution in [3.05, 3.63) is 0 Å². The van der Waals surface area contributed by atoms with E-state index in [1.54, 1.807) is 6.21 Å². The maximum atomic E-state index is 7.23. The third-order valence-electron chi connectivity index (χ3n) is 4.40. The summed E-state index contributed by atoms with van der Waals surface area (Å²) in [4.78, 5) is 0. The summed E-state index contributed by atoms with van der Waals surface area (Å²) in [7, 11) is 0. The zero-order valence-electron chi connectivity index (χ0n) is 9.06. The van der Waals surface area contributed by atoms with Crippen molar-refractivity contribution in [2.24, 2.45) is 22.7 Å². The van der Waals surface area contributed by atoms with Crippen LogP contribution >= 0.6 is 0 Å². The van der Waals surface area contributed by atoms with Crippen molar-refractivity contribution in [1.29, 1.82) is 5.41 Å². The first kappa shape index (κ1) is 9.23. The topological polar surface area (TPSA) is 23.9 Å². The van der Waals surface area contributed by atoms with Crippen LogP contribution in [0.4, 0.5) is 0 Å². The quantitative estimate of drug-likeness (QED) is 0.639. The summed E-state index contributed by atoms with van der Waals surface area (Å²) in [5.41, 5.74) is 1.16. The summed E-state index contributed by atoms with van der Waals surface area (Å²) in [5.74, 6) is 1.59. The average molecular weight is 179 g/mol. The van der Waals surface area contributed by atoms with Crippen molar-refractivity contribution in [3.63, 3.8) is 0 Å². The molecule has 0 aromatic rings. The van der Waals surface area contributed by atoms with E-state index in [9.17, 15) is 0 Å². The van der Waals surface area contributed by atoms with Gasteiger partial charge in [-0.25, -0.2) is 0 Å². The molecule has 1 N–H and O–H groups in total. The molecule has 0 aromatic carbocycles. The molecular weight excluding hydrogens is 158 g/mol. The lowest BCUT2D eigenvalue weighted by Gasteiger charge is -2.09. The highest BCUT2D eigenvalue weighted by Crippen LogP contribution is 2.60. The Hall–Kier alpha value is -0.330. The van der Waals surface area contributed by atoms with E-state index in [1.807, 2.05) is 0 Å². The Balaban J connectivity index is 1.73. The van der Waals surface area contributed by atoms with Crippen LogP contribution in [0.1, 0.15) is 46.5 Å². The van der Waals surface area contributed by atoms with Crippen molar-refractivity contribution in [3.8, 4) is 0 Å². The largest absolute Gasteiger partial charge is 0.313 e. The molecule has 2 saturated carbocycles. The van der Waals surface area contributed by atoms with Crippen LogP contribution in [-0.4, -0.2) is 6.21 Å². The molecule has 0 spiro atoms. The van der Waals surface area contributed by atoms with Crippen LogP contribution in [0.5, 0.6) is 0 Å². The fourth-order valence-corrected chi connectivity index (χ4v) is 2.56. The SMILES string of the molecule is CC1(C)CC1CCC1(C)CC1C=N. The van der Waals surface area contributed by atoms with Gasteiger partial charge in [0.1, 0.15) is 0 Å². The molecule has 2 fully saturated rings. The fraction of sp³-hybridized carbons (Fsp3) is 0.917. The van der Waals surface area contributed by atoms with E-state index >= 15 is 0 Å². The van der Waals surface area contributed by atoms with Gasteiger partial charge in [0.25, 0.3) is 0 Å². The maximum absolute atomic E-state index is 7.23. The van der Waals surface area contributed by atoms with Gasteiger partial charge < -0.3 is 5.41 Å². The molecule has 3 atom stereocenters. The zero-order chi connectivity index (χ0) is 9.69. The van der Waals surface area contributed by atoms with Crippen LogP contribution in [0.25, 0.3) is 0 Å². The third kappa shape index (κ3) is 1.66. The molecule has 1 heteroatoms. The van der Waals surface area contributed by atoms with Gasteiger partial charge in [0.15, 0.2) is 0 Å². The smallest absolute Gasteiger partial charge is 0.000540 e. The molecule has 2 rings (SSSR count). The molecule has 0 aliphatic heterocycles. The fourth-order valence-electron chi connectivity index (χ4n) is 2.56. The normalized spacial score (nSPS) is 45.8. The first-order valence-electron chi connectivity index (χ1n) is 5.48. The minimum Gasteiger partial charge on any atom is -0.313 e. The molecule has 0 radical (unpaired) electrons. The second kappa shape index (κ2) is 2.59. The Morgan fingerprint density at radius 3 is 2.31 bits per heavy atom. The summed E-state index contributed by atoms with van der Waals surface area (Å²) < 4.78 is 0. The lowest BCUT2D eigenvalue weighted by atomic mass is 9.96. The second-order valence-corrected chi connectivity index (χ2v) is 6.06. The van der Waals surface area contributed by atoms with E-state index in [-0.39, 0.29) is 0 Å². The monoisotopic (exact) mass is 179 g/mol. The maximum Gasteiger partial charge on any atom is -0.000540 e. The van der Waals surface area contributed by atoms with Crippen LogP contribution in [0, 0.1) is 28.1 Å². The minimum atomic E-state index is 0.514. The number of nitrogens with one attached hydrogen (secondary N) is 1. The molecule has 0 aromatic heterocycles. The highest BCUT2D eigenvalue weighted by molar-refractivity contribution is 5.62. The first-order chi connectivity index (χ1) is 5.98. The molecule has 13 heavy (non-hydrogen) atoms. The van der Waals surface area contributed by atoms with Crippen LogP contribution in [0.15, 0.2) is 0 Å². The van der Waals surface area contributed by atoms with E-state index in [1.165, 1.54) is 25.7 Å². The van der Waals surface area contributed by atoms with Crippen molar-refractivity contribution >= 4 is 6.21 Å². The van der Waals surface area contributed by atoms with E-state index in [2.05, 4.69) is 20.8 Å². The van der Waals surface area contributed by atoms with Gasteiger partial charge in [0.2, 0.25) is 0 Å². The zero-order valence-corrected chi connectivity index (χ0v) is 9.06. The molecule has 2 aliphatic rings. The van der Waals surface area contributed by atoms with Crippen molar-refractivity contribution in [2.75, 3.05) is 0 Å². The van der Waals surface area contributed by atoms with Gasteiger partial charge in [0, 0.05) is 0 Å². The predicted molar refractivity (Wildman–Crippen MR) is 56.1 cm³/mol. The van der Waals surface area contributed by atoms with Crippen LogP contribution in [0.2, 0.25) is 0 Å². The minimum absolute atomic E-state index is 0.514. The highest BCUT2D eigenvalue weighted by atomic mass is 14.6. The molecule has 74 valence electrons. The van der Waals surface area contributed by atoms with Crippen LogP contribution in [-0.2, 0) is 0 Å². The molecule has 3 unspecified atom stereocenters. The van der Waals surface area contributed by atoms with Gasteiger partial charge >= 0.3 is 0 Å². The van der Waals surface area contributed by atoms with E-state index in [0.717, 1.165) is 5.92 Å². The summed E-state index contributed by atoms with van der Waals surface area (Å²) in [6.07, 6.45) is 7.09.